The Morgan fingerprint density at radius 2 is 1.56 bits per heavy atom. The maximum absolute atomic E-state index is 12.5. The van der Waals surface area contributed by atoms with Crippen molar-refractivity contribution < 1.29 is 22.7 Å². The van der Waals surface area contributed by atoms with Crippen molar-refractivity contribution in [2.75, 3.05) is 18.5 Å². The zero-order valence-electron chi connectivity index (χ0n) is 18.2. The summed E-state index contributed by atoms with van der Waals surface area (Å²) in [6, 6.07) is 19.4. The molecular formula is C24H26N2O5S. The number of carbonyl (C=O) groups excluding carboxylic acids is 2. The van der Waals surface area contributed by atoms with Crippen molar-refractivity contribution in [2.24, 2.45) is 0 Å². The van der Waals surface area contributed by atoms with Crippen molar-refractivity contribution in [2.45, 2.75) is 31.1 Å². The van der Waals surface area contributed by atoms with Crippen LogP contribution in [0.3, 0.4) is 0 Å². The number of benzene rings is 3. The van der Waals surface area contributed by atoms with E-state index < -0.39 is 35.1 Å². The molecule has 1 amide bonds. The van der Waals surface area contributed by atoms with E-state index in [9.17, 15) is 18.0 Å². The molecule has 3 aromatic rings. The molecule has 0 aliphatic heterocycles. The maximum atomic E-state index is 12.5. The Bertz CT molecular complexity index is 1230. The zero-order chi connectivity index (χ0) is 23.4. The van der Waals surface area contributed by atoms with E-state index in [1.54, 1.807) is 24.3 Å². The molecule has 0 radical (unpaired) electrons. The first-order valence-corrected chi connectivity index (χ1v) is 11.6. The molecule has 0 aliphatic carbocycles. The van der Waals surface area contributed by atoms with Crippen LogP contribution in [0.5, 0.6) is 0 Å². The van der Waals surface area contributed by atoms with Gasteiger partial charge in [0.25, 0.3) is 5.91 Å². The van der Waals surface area contributed by atoms with Crippen molar-refractivity contribution in [1.29, 1.82) is 0 Å². The number of nitrogens with one attached hydrogen (secondary N) is 2. The molecule has 3 rings (SSSR count). The highest BCUT2D eigenvalue weighted by Crippen LogP contribution is 2.23. The molecule has 0 bridgehead atoms. The molecule has 0 atom stereocenters. The predicted octanol–water partition coefficient (Wildman–Crippen LogP) is 3.60. The smallest absolute Gasteiger partial charge is 0.321 e. The van der Waals surface area contributed by atoms with Crippen LogP contribution in [0, 0.1) is 0 Å². The summed E-state index contributed by atoms with van der Waals surface area (Å²) in [5.74, 6) is -1.37. The minimum Gasteiger partial charge on any atom is -0.455 e. The van der Waals surface area contributed by atoms with Gasteiger partial charge < -0.3 is 10.1 Å². The molecule has 0 saturated carbocycles. The first-order valence-electron chi connectivity index (χ1n) is 10.1. The summed E-state index contributed by atoms with van der Waals surface area (Å²) >= 11 is 0. The SMILES string of the molecule is CC(C)(C)c1ccc(NC(=O)COC(=O)CNS(=O)(=O)c2ccc3ccccc3c2)cc1. The van der Waals surface area contributed by atoms with Gasteiger partial charge in [-0.15, -0.1) is 0 Å². The fraction of sp³-hybridized carbons (Fsp3) is 0.250. The predicted molar refractivity (Wildman–Crippen MR) is 124 cm³/mol. The summed E-state index contributed by atoms with van der Waals surface area (Å²) < 4.78 is 32.0. The Kier molecular flexibility index (Phi) is 6.96. The number of hydrogen-bond acceptors (Lipinski definition) is 5. The molecule has 7 nitrogen and oxygen atoms in total. The molecule has 32 heavy (non-hydrogen) atoms. The Morgan fingerprint density at radius 3 is 2.22 bits per heavy atom. The van der Waals surface area contributed by atoms with Crippen molar-refractivity contribution >= 4 is 38.4 Å². The van der Waals surface area contributed by atoms with Gasteiger partial charge >= 0.3 is 5.97 Å². The number of carbonyl (C=O) groups is 2. The molecular weight excluding hydrogens is 428 g/mol. The normalized spacial score (nSPS) is 11.8. The van der Waals surface area contributed by atoms with Gasteiger partial charge in [0.05, 0.1) is 4.90 Å². The molecule has 0 fully saturated rings. The standard InChI is InChI=1S/C24H26N2O5S/c1-24(2,3)19-9-11-20(12-10-19)26-22(27)16-31-23(28)15-25-32(29,30)21-13-8-17-6-4-5-7-18(17)14-21/h4-14,25H,15-16H2,1-3H3,(H,26,27). The van der Waals surface area contributed by atoms with Crippen LogP contribution in [0.4, 0.5) is 5.69 Å². The van der Waals surface area contributed by atoms with Crippen LogP contribution in [-0.2, 0) is 29.8 Å². The molecule has 3 aromatic carbocycles. The highest BCUT2D eigenvalue weighted by Gasteiger charge is 2.17. The molecule has 0 saturated heterocycles. The number of rotatable bonds is 7. The van der Waals surface area contributed by atoms with E-state index in [0.717, 1.165) is 16.3 Å². The minimum atomic E-state index is -3.90. The average Bonchev–Trinajstić information content (AvgIpc) is 2.75. The van der Waals surface area contributed by atoms with Gasteiger partial charge in [0.2, 0.25) is 10.0 Å². The third-order valence-electron chi connectivity index (χ3n) is 4.84. The van der Waals surface area contributed by atoms with Gasteiger partial charge in [-0.2, -0.15) is 4.72 Å². The van der Waals surface area contributed by atoms with Gasteiger partial charge in [-0.1, -0.05) is 63.2 Å². The number of hydrogen-bond donors (Lipinski definition) is 2. The van der Waals surface area contributed by atoms with E-state index in [2.05, 4.69) is 30.8 Å². The average molecular weight is 455 g/mol. The number of ether oxygens (including phenoxy) is 1. The zero-order valence-corrected chi connectivity index (χ0v) is 19.0. The van der Waals surface area contributed by atoms with E-state index in [1.807, 2.05) is 30.3 Å². The summed E-state index contributed by atoms with van der Waals surface area (Å²) in [6.07, 6.45) is 0. The first-order chi connectivity index (χ1) is 15.0. The molecule has 0 aromatic heterocycles. The van der Waals surface area contributed by atoms with E-state index in [0.29, 0.717) is 5.69 Å². The van der Waals surface area contributed by atoms with Crippen molar-refractivity contribution in [3.63, 3.8) is 0 Å². The lowest BCUT2D eigenvalue weighted by Crippen LogP contribution is -2.32. The topological polar surface area (TPSA) is 102 Å². The Morgan fingerprint density at radius 1 is 0.906 bits per heavy atom. The fourth-order valence-electron chi connectivity index (χ4n) is 3.02. The molecule has 0 spiro atoms. The number of anilines is 1. The molecule has 0 aliphatic rings. The Labute approximate surface area is 187 Å². The van der Waals surface area contributed by atoms with Gasteiger partial charge in [0, 0.05) is 5.69 Å². The lowest BCUT2D eigenvalue weighted by atomic mass is 9.87. The van der Waals surface area contributed by atoms with Gasteiger partial charge in [-0.25, -0.2) is 8.42 Å². The quantitative estimate of drug-likeness (QED) is 0.531. The fourth-order valence-corrected chi connectivity index (χ4v) is 4.02. The van der Waals surface area contributed by atoms with Crippen LogP contribution in [0.25, 0.3) is 10.8 Å². The second-order valence-corrected chi connectivity index (χ2v) is 10.1. The van der Waals surface area contributed by atoms with Crippen LogP contribution >= 0.6 is 0 Å². The lowest BCUT2D eigenvalue weighted by Gasteiger charge is -2.19. The number of esters is 1. The molecule has 8 heteroatoms. The first kappa shape index (κ1) is 23.4. The summed E-state index contributed by atoms with van der Waals surface area (Å²) in [5, 5.41) is 4.31. The van der Waals surface area contributed by atoms with Crippen LogP contribution in [0.1, 0.15) is 26.3 Å². The van der Waals surface area contributed by atoms with E-state index in [-0.39, 0.29) is 10.3 Å². The van der Waals surface area contributed by atoms with Gasteiger partial charge in [-0.05, 0) is 46.0 Å². The summed E-state index contributed by atoms with van der Waals surface area (Å²) in [4.78, 5) is 24.0. The highest BCUT2D eigenvalue weighted by atomic mass is 32.2. The van der Waals surface area contributed by atoms with Crippen LogP contribution < -0.4 is 10.0 Å². The van der Waals surface area contributed by atoms with Crippen molar-refractivity contribution in [3.8, 4) is 0 Å². The second-order valence-electron chi connectivity index (χ2n) is 8.37. The van der Waals surface area contributed by atoms with Gasteiger partial charge in [0.1, 0.15) is 6.54 Å². The van der Waals surface area contributed by atoms with Crippen LogP contribution in [-0.4, -0.2) is 33.4 Å². The Balaban J connectivity index is 1.49. The van der Waals surface area contributed by atoms with E-state index in [1.165, 1.54) is 12.1 Å². The molecule has 0 unspecified atom stereocenters. The minimum absolute atomic E-state index is 0.00173. The van der Waals surface area contributed by atoms with E-state index >= 15 is 0 Å². The molecule has 0 heterocycles. The monoisotopic (exact) mass is 454 g/mol. The van der Waals surface area contributed by atoms with Crippen molar-refractivity contribution in [3.05, 3.63) is 72.3 Å². The summed E-state index contributed by atoms with van der Waals surface area (Å²) in [7, 11) is -3.90. The maximum Gasteiger partial charge on any atom is 0.321 e. The molecule has 168 valence electrons. The summed E-state index contributed by atoms with van der Waals surface area (Å²) in [6.45, 7) is 5.18. The highest BCUT2D eigenvalue weighted by molar-refractivity contribution is 7.89. The summed E-state index contributed by atoms with van der Waals surface area (Å²) in [5.41, 5.74) is 1.70. The van der Waals surface area contributed by atoms with Crippen LogP contribution in [0.2, 0.25) is 0 Å². The van der Waals surface area contributed by atoms with Gasteiger partial charge in [0.15, 0.2) is 6.61 Å². The number of sulfonamides is 1. The second kappa shape index (κ2) is 9.50. The molecule has 2 N–H and O–H groups in total. The number of fused-ring (bicyclic) bond motifs is 1. The lowest BCUT2D eigenvalue weighted by molar-refractivity contribution is -0.146. The van der Waals surface area contributed by atoms with Crippen molar-refractivity contribution in [1.82, 2.24) is 4.72 Å². The van der Waals surface area contributed by atoms with E-state index in [4.69, 9.17) is 4.74 Å². The van der Waals surface area contributed by atoms with Crippen LogP contribution in [0.15, 0.2) is 71.6 Å². The Hall–Kier alpha value is -3.23. The largest absolute Gasteiger partial charge is 0.455 e. The third kappa shape index (κ3) is 6.15. The number of amides is 1. The third-order valence-corrected chi connectivity index (χ3v) is 6.24. The van der Waals surface area contributed by atoms with Gasteiger partial charge in [-0.3, -0.25) is 9.59 Å².